The second kappa shape index (κ2) is 4.85. The first-order valence-corrected chi connectivity index (χ1v) is 7.17. The molecular weight excluding hydrogens is 277 g/mol. The van der Waals surface area contributed by atoms with Crippen molar-refractivity contribution in [2.75, 3.05) is 0 Å². The topological polar surface area (TPSA) is 17.1 Å². The molecule has 0 saturated carbocycles. The lowest BCUT2D eigenvalue weighted by atomic mass is 9.63. The van der Waals surface area contributed by atoms with Crippen LogP contribution in [0.3, 0.4) is 0 Å². The van der Waals surface area contributed by atoms with Gasteiger partial charge in [0.25, 0.3) is 0 Å². The summed E-state index contributed by atoms with van der Waals surface area (Å²) >= 11 is 0. The molecule has 2 rings (SSSR count). The normalized spacial score (nSPS) is 20.0. The molecule has 116 valence electrons. The maximum absolute atomic E-state index is 12.4. The first kappa shape index (κ1) is 16.1. The summed E-state index contributed by atoms with van der Waals surface area (Å²) in [7, 11) is 0. The van der Waals surface area contributed by atoms with Gasteiger partial charge in [0.15, 0.2) is 5.78 Å². The van der Waals surface area contributed by atoms with Crippen molar-refractivity contribution in [1.82, 2.24) is 0 Å². The quantitative estimate of drug-likeness (QED) is 0.688. The minimum atomic E-state index is -4.46. The minimum absolute atomic E-state index is 0.00351. The van der Waals surface area contributed by atoms with Gasteiger partial charge in [0.05, 0.1) is 0 Å². The summed E-state index contributed by atoms with van der Waals surface area (Å²) in [6.45, 7) is 8.44. The predicted octanol–water partition coefficient (Wildman–Crippen LogP) is 5.17. The standard InChI is InChI=1S/C17H21F3O/c1-15(2)7-8-16(3,4)13-9-11(5-6-12(13)15)14(21)10-17(18,19)20/h5-6,9H,7-8,10H2,1-4H3. The number of hydrogen-bond donors (Lipinski definition) is 0. The second-order valence-electron chi connectivity index (χ2n) is 7.24. The van der Waals surface area contributed by atoms with E-state index >= 15 is 0 Å². The Bertz CT molecular complexity index is 568. The van der Waals surface area contributed by atoms with E-state index in [0.29, 0.717) is 0 Å². The third-order valence-electron chi connectivity index (χ3n) is 4.54. The molecule has 0 aliphatic heterocycles. The largest absolute Gasteiger partial charge is 0.396 e. The fourth-order valence-corrected chi connectivity index (χ4v) is 3.05. The Morgan fingerprint density at radius 2 is 1.57 bits per heavy atom. The zero-order valence-corrected chi connectivity index (χ0v) is 12.9. The molecular formula is C17H21F3O. The highest BCUT2D eigenvalue weighted by Gasteiger charge is 2.38. The molecule has 1 aromatic carbocycles. The van der Waals surface area contributed by atoms with Gasteiger partial charge in [-0.2, -0.15) is 13.2 Å². The van der Waals surface area contributed by atoms with E-state index in [1.807, 2.05) is 6.07 Å². The monoisotopic (exact) mass is 298 g/mol. The van der Waals surface area contributed by atoms with Crippen molar-refractivity contribution >= 4 is 5.78 Å². The molecule has 0 fully saturated rings. The summed E-state index contributed by atoms with van der Waals surface area (Å²) in [5.41, 5.74) is 2.20. The van der Waals surface area contributed by atoms with E-state index < -0.39 is 18.4 Å². The lowest BCUT2D eigenvalue weighted by Crippen LogP contribution is -2.34. The van der Waals surface area contributed by atoms with Gasteiger partial charge in [0, 0.05) is 5.56 Å². The van der Waals surface area contributed by atoms with Gasteiger partial charge in [-0.25, -0.2) is 0 Å². The molecule has 0 saturated heterocycles. The third-order valence-corrected chi connectivity index (χ3v) is 4.54. The van der Waals surface area contributed by atoms with E-state index in [1.165, 1.54) is 6.07 Å². The number of carbonyl (C=O) groups excluding carboxylic acids is 1. The Balaban J connectivity index is 2.44. The van der Waals surface area contributed by atoms with Crippen molar-refractivity contribution < 1.29 is 18.0 Å². The third kappa shape index (κ3) is 3.30. The number of hydrogen-bond acceptors (Lipinski definition) is 1. The van der Waals surface area contributed by atoms with Crippen LogP contribution in [0, 0.1) is 0 Å². The number of benzene rings is 1. The van der Waals surface area contributed by atoms with Crippen LogP contribution in [0.4, 0.5) is 13.2 Å². The van der Waals surface area contributed by atoms with Crippen molar-refractivity contribution in [3.8, 4) is 0 Å². The van der Waals surface area contributed by atoms with E-state index in [-0.39, 0.29) is 16.4 Å². The SMILES string of the molecule is CC1(C)CCC(C)(C)c2cc(C(=O)CC(F)(F)F)ccc21. The van der Waals surface area contributed by atoms with Gasteiger partial charge in [-0.05, 0) is 40.9 Å². The van der Waals surface area contributed by atoms with Crippen LogP contribution in [0.1, 0.15) is 68.4 Å². The van der Waals surface area contributed by atoms with Crippen LogP contribution < -0.4 is 0 Å². The summed E-state index contributed by atoms with van der Waals surface area (Å²) in [6, 6.07) is 5.04. The molecule has 0 aromatic heterocycles. The number of fused-ring (bicyclic) bond motifs is 1. The van der Waals surface area contributed by atoms with Crippen LogP contribution in [-0.2, 0) is 10.8 Å². The molecule has 0 radical (unpaired) electrons. The van der Waals surface area contributed by atoms with Crippen LogP contribution >= 0.6 is 0 Å². The molecule has 0 heterocycles. The van der Waals surface area contributed by atoms with Crippen LogP contribution in [0.15, 0.2) is 18.2 Å². The molecule has 0 bridgehead atoms. The zero-order valence-electron chi connectivity index (χ0n) is 12.9. The molecule has 1 aromatic rings. The first-order valence-electron chi connectivity index (χ1n) is 7.17. The Morgan fingerprint density at radius 3 is 2.10 bits per heavy atom. The van der Waals surface area contributed by atoms with E-state index in [9.17, 15) is 18.0 Å². The second-order valence-corrected chi connectivity index (χ2v) is 7.24. The summed E-state index contributed by atoms with van der Waals surface area (Å²) in [4.78, 5) is 11.8. The fraction of sp³-hybridized carbons (Fsp3) is 0.588. The Labute approximate surface area is 123 Å². The smallest absolute Gasteiger partial charge is 0.294 e. The first-order chi connectivity index (χ1) is 9.42. The molecule has 0 spiro atoms. The van der Waals surface area contributed by atoms with Crippen LogP contribution in [-0.4, -0.2) is 12.0 Å². The molecule has 0 atom stereocenters. The maximum Gasteiger partial charge on any atom is 0.396 e. The minimum Gasteiger partial charge on any atom is -0.294 e. The maximum atomic E-state index is 12.4. The highest BCUT2D eigenvalue weighted by molar-refractivity contribution is 5.96. The predicted molar refractivity (Wildman–Crippen MR) is 76.7 cm³/mol. The van der Waals surface area contributed by atoms with E-state index in [4.69, 9.17) is 0 Å². The van der Waals surface area contributed by atoms with Crippen molar-refractivity contribution in [2.24, 2.45) is 0 Å². The summed E-state index contributed by atoms with van der Waals surface area (Å²) in [5, 5.41) is 0. The van der Waals surface area contributed by atoms with Crippen molar-refractivity contribution in [3.63, 3.8) is 0 Å². The fourth-order valence-electron chi connectivity index (χ4n) is 3.05. The highest BCUT2D eigenvalue weighted by Crippen LogP contribution is 2.46. The van der Waals surface area contributed by atoms with Gasteiger partial charge in [-0.15, -0.1) is 0 Å². The van der Waals surface area contributed by atoms with Crippen LogP contribution in [0.2, 0.25) is 0 Å². The van der Waals surface area contributed by atoms with Gasteiger partial charge < -0.3 is 0 Å². The molecule has 1 aliphatic rings. The van der Waals surface area contributed by atoms with E-state index in [2.05, 4.69) is 27.7 Å². The molecule has 4 heteroatoms. The van der Waals surface area contributed by atoms with E-state index in [0.717, 1.165) is 24.0 Å². The number of rotatable bonds is 2. The summed E-state index contributed by atoms with van der Waals surface area (Å²) < 4.78 is 37.2. The van der Waals surface area contributed by atoms with Crippen LogP contribution in [0.25, 0.3) is 0 Å². The molecule has 1 aliphatic carbocycles. The van der Waals surface area contributed by atoms with Gasteiger partial charge in [-0.3, -0.25) is 4.79 Å². The molecule has 0 N–H and O–H groups in total. The van der Waals surface area contributed by atoms with Crippen molar-refractivity contribution in [3.05, 3.63) is 34.9 Å². The molecule has 0 amide bonds. The van der Waals surface area contributed by atoms with Gasteiger partial charge >= 0.3 is 6.18 Å². The Morgan fingerprint density at radius 1 is 1.05 bits per heavy atom. The lowest BCUT2D eigenvalue weighted by molar-refractivity contribution is -0.125. The number of ketones is 1. The lowest BCUT2D eigenvalue weighted by Gasteiger charge is -2.42. The summed E-state index contributed by atoms with van der Waals surface area (Å²) in [6.07, 6.45) is -3.86. The van der Waals surface area contributed by atoms with Gasteiger partial charge in [0.2, 0.25) is 0 Å². The zero-order chi connectivity index (χ0) is 16.1. The number of Topliss-reactive ketones (excluding diaryl/α,β-unsaturated/α-hetero) is 1. The molecule has 0 unspecified atom stereocenters. The highest BCUT2D eigenvalue weighted by atomic mass is 19.4. The number of alkyl halides is 3. The van der Waals surface area contributed by atoms with Crippen molar-refractivity contribution in [1.29, 1.82) is 0 Å². The number of halogens is 3. The van der Waals surface area contributed by atoms with Gasteiger partial charge in [0.1, 0.15) is 6.42 Å². The summed E-state index contributed by atoms with van der Waals surface area (Å²) in [5.74, 6) is -0.857. The molecule has 1 nitrogen and oxygen atoms in total. The van der Waals surface area contributed by atoms with Gasteiger partial charge in [-0.1, -0.05) is 39.8 Å². The number of carbonyl (C=O) groups is 1. The van der Waals surface area contributed by atoms with Crippen molar-refractivity contribution in [2.45, 2.75) is 64.0 Å². The van der Waals surface area contributed by atoms with Crippen LogP contribution in [0.5, 0.6) is 0 Å². The average Bonchev–Trinajstić information content (AvgIpc) is 2.33. The Kier molecular flexibility index (Phi) is 3.71. The molecule has 21 heavy (non-hydrogen) atoms. The van der Waals surface area contributed by atoms with E-state index in [1.54, 1.807) is 6.07 Å². The Hall–Kier alpha value is -1.32. The average molecular weight is 298 g/mol.